The Morgan fingerprint density at radius 1 is 1.38 bits per heavy atom. The Bertz CT molecular complexity index is 219. The predicted octanol–water partition coefficient (Wildman–Crippen LogP) is 1.49. The van der Waals surface area contributed by atoms with Crippen LogP contribution in [0.1, 0.15) is 39.5 Å². The fourth-order valence-corrected chi connectivity index (χ4v) is 2.13. The van der Waals surface area contributed by atoms with Crippen LogP contribution in [0.25, 0.3) is 0 Å². The third-order valence-corrected chi connectivity index (χ3v) is 3.13. The Hall–Kier alpha value is -0.770. The van der Waals surface area contributed by atoms with Crippen LogP contribution in [-0.2, 0) is 0 Å². The highest BCUT2D eigenvalue weighted by molar-refractivity contribution is 5.74. The highest BCUT2D eigenvalue weighted by Crippen LogP contribution is 2.23. The quantitative estimate of drug-likeness (QED) is 0.682. The molecular formula is C12H24N2O2. The van der Waals surface area contributed by atoms with E-state index in [0.717, 1.165) is 25.7 Å². The van der Waals surface area contributed by atoms with Gasteiger partial charge in [-0.1, -0.05) is 26.7 Å². The zero-order valence-corrected chi connectivity index (χ0v) is 10.3. The van der Waals surface area contributed by atoms with Crippen molar-refractivity contribution in [2.45, 2.75) is 45.6 Å². The average Bonchev–Trinajstić information content (AvgIpc) is 2.27. The van der Waals surface area contributed by atoms with Gasteiger partial charge in [-0.15, -0.1) is 0 Å². The van der Waals surface area contributed by atoms with Gasteiger partial charge in [0.1, 0.15) is 0 Å². The van der Waals surface area contributed by atoms with E-state index in [1.165, 1.54) is 0 Å². The lowest BCUT2D eigenvalue weighted by Crippen LogP contribution is -2.48. The summed E-state index contributed by atoms with van der Waals surface area (Å²) in [5, 5.41) is 15.0. The van der Waals surface area contributed by atoms with Crippen LogP contribution in [0.2, 0.25) is 0 Å². The first kappa shape index (κ1) is 13.3. The van der Waals surface area contributed by atoms with Gasteiger partial charge < -0.3 is 15.7 Å². The molecule has 2 amide bonds. The SMILES string of the molecule is CC(C)CNC(=O)NC1CCCCC1CO. The molecule has 1 rings (SSSR count). The van der Waals surface area contributed by atoms with Crippen LogP contribution in [-0.4, -0.2) is 30.3 Å². The van der Waals surface area contributed by atoms with Crippen LogP contribution in [0.3, 0.4) is 0 Å². The van der Waals surface area contributed by atoms with Crippen LogP contribution in [0.15, 0.2) is 0 Å². The summed E-state index contributed by atoms with van der Waals surface area (Å²) in [5.41, 5.74) is 0. The van der Waals surface area contributed by atoms with E-state index in [1.807, 2.05) is 0 Å². The van der Waals surface area contributed by atoms with Gasteiger partial charge in [-0.3, -0.25) is 0 Å². The lowest BCUT2D eigenvalue weighted by molar-refractivity contribution is 0.153. The van der Waals surface area contributed by atoms with Crippen LogP contribution >= 0.6 is 0 Å². The topological polar surface area (TPSA) is 61.4 Å². The van der Waals surface area contributed by atoms with Gasteiger partial charge in [-0.05, 0) is 18.8 Å². The van der Waals surface area contributed by atoms with Crippen LogP contribution in [0.4, 0.5) is 4.79 Å². The molecule has 0 bridgehead atoms. The third kappa shape index (κ3) is 4.39. The molecule has 4 heteroatoms. The van der Waals surface area contributed by atoms with Crippen molar-refractivity contribution in [3.63, 3.8) is 0 Å². The van der Waals surface area contributed by atoms with Gasteiger partial charge in [0.05, 0.1) is 0 Å². The summed E-state index contributed by atoms with van der Waals surface area (Å²) < 4.78 is 0. The smallest absolute Gasteiger partial charge is 0.315 e. The summed E-state index contributed by atoms with van der Waals surface area (Å²) in [7, 11) is 0. The fraction of sp³-hybridized carbons (Fsp3) is 0.917. The van der Waals surface area contributed by atoms with E-state index in [4.69, 9.17) is 0 Å². The summed E-state index contributed by atoms with van der Waals surface area (Å²) in [6.45, 7) is 5.01. The molecule has 16 heavy (non-hydrogen) atoms. The monoisotopic (exact) mass is 228 g/mol. The Morgan fingerprint density at radius 2 is 2.06 bits per heavy atom. The van der Waals surface area contributed by atoms with Crippen LogP contribution in [0, 0.1) is 11.8 Å². The molecule has 2 atom stereocenters. The van der Waals surface area contributed by atoms with Gasteiger partial charge in [0.15, 0.2) is 0 Å². The maximum absolute atomic E-state index is 11.6. The first-order valence-corrected chi connectivity index (χ1v) is 6.28. The molecule has 0 aromatic carbocycles. The molecule has 1 fully saturated rings. The van der Waals surface area contributed by atoms with Gasteiger partial charge in [-0.2, -0.15) is 0 Å². The maximum atomic E-state index is 11.6. The molecule has 1 aliphatic carbocycles. The molecular weight excluding hydrogens is 204 g/mol. The van der Waals surface area contributed by atoms with Crippen molar-refractivity contribution in [3.05, 3.63) is 0 Å². The van der Waals surface area contributed by atoms with Crippen molar-refractivity contribution in [3.8, 4) is 0 Å². The molecule has 2 unspecified atom stereocenters. The molecule has 94 valence electrons. The van der Waals surface area contributed by atoms with Crippen molar-refractivity contribution < 1.29 is 9.90 Å². The molecule has 3 N–H and O–H groups in total. The Morgan fingerprint density at radius 3 is 2.69 bits per heavy atom. The number of urea groups is 1. The van der Waals surface area contributed by atoms with Crippen molar-refractivity contribution in [1.82, 2.24) is 10.6 Å². The number of carbonyl (C=O) groups excluding carboxylic acids is 1. The number of nitrogens with one attached hydrogen (secondary N) is 2. The second-order valence-corrected chi connectivity index (χ2v) is 5.08. The van der Waals surface area contributed by atoms with E-state index in [2.05, 4.69) is 24.5 Å². The standard InChI is InChI=1S/C12H24N2O2/c1-9(2)7-13-12(16)14-11-6-4-3-5-10(11)8-15/h9-11,15H,3-8H2,1-2H3,(H2,13,14,16). The lowest BCUT2D eigenvalue weighted by Gasteiger charge is -2.30. The number of aliphatic hydroxyl groups excluding tert-OH is 1. The summed E-state index contributed by atoms with van der Waals surface area (Å²) in [6.07, 6.45) is 4.31. The van der Waals surface area contributed by atoms with E-state index in [-0.39, 0.29) is 24.6 Å². The van der Waals surface area contributed by atoms with Gasteiger partial charge in [0.25, 0.3) is 0 Å². The molecule has 4 nitrogen and oxygen atoms in total. The highest BCUT2D eigenvalue weighted by Gasteiger charge is 2.25. The second-order valence-electron chi connectivity index (χ2n) is 5.08. The first-order valence-electron chi connectivity index (χ1n) is 6.28. The van der Waals surface area contributed by atoms with Crippen LogP contribution in [0.5, 0.6) is 0 Å². The number of hydrogen-bond donors (Lipinski definition) is 3. The van der Waals surface area contributed by atoms with Gasteiger partial charge in [-0.25, -0.2) is 4.79 Å². The summed E-state index contributed by atoms with van der Waals surface area (Å²) in [4.78, 5) is 11.6. The van der Waals surface area contributed by atoms with Crippen molar-refractivity contribution in [2.24, 2.45) is 11.8 Å². The molecule has 0 aromatic rings. The van der Waals surface area contributed by atoms with Gasteiger partial charge in [0.2, 0.25) is 0 Å². The second kappa shape index (κ2) is 6.74. The van der Waals surface area contributed by atoms with E-state index in [1.54, 1.807) is 0 Å². The Balaban J connectivity index is 2.30. The maximum Gasteiger partial charge on any atom is 0.315 e. The first-order chi connectivity index (χ1) is 7.63. The molecule has 0 aromatic heterocycles. The van der Waals surface area contributed by atoms with E-state index < -0.39 is 0 Å². The zero-order valence-electron chi connectivity index (χ0n) is 10.3. The number of hydrogen-bond acceptors (Lipinski definition) is 2. The Kier molecular flexibility index (Phi) is 5.60. The largest absolute Gasteiger partial charge is 0.396 e. The van der Waals surface area contributed by atoms with Crippen molar-refractivity contribution >= 4 is 6.03 Å². The van der Waals surface area contributed by atoms with E-state index in [0.29, 0.717) is 12.5 Å². The number of amides is 2. The molecule has 0 saturated heterocycles. The van der Waals surface area contributed by atoms with Crippen LogP contribution < -0.4 is 10.6 Å². The van der Waals surface area contributed by atoms with Crippen molar-refractivity contribution in [2.75, 3.05) is 13.2 Å². The van der Waals surface area contributed by atoms with E-state index >= 15 is 0 Å². The average molecular weight is 228 g/mol. The minimum Gasteiger partial charge on any atom is -0.396 e. The normalized spacial score (nSPS) is 25.5. The zero-order chi connectivity index (χ0) is 12.0. The Labute approximate surface area is 97.8 Å². The molecule has 0 heterocycles. The molecule has 1 aliphatic rings. The third-order valence-electron chi connectivity index (χ3n) is 3.13. The number of aliphatic hydroxyl groups is 1. The summed E-state index contributed by atoms with van der Waals surface area (Å²) >= 11 is 0. The molecule has 0 radical (unpaired) electrons. The number of rotatable bonds is 4. The lowest BCUT2D eigenvalue weighted by atomic mass is 9.85. The van der Waals surface area contributed by atoms with Gasteiger partial charge in [0, 0.05) is 25.1 Å². The molecule has 0 aliphatic heterocycles. The molecule has 0 spiro atoms. The molecule has 1 saturated carbocycles. The van der Waals surface area contributed by atoms with Gasteiger partial charge >= 0.3 is 6.03 Å². The van der Waals surface area contributed by atoms with E-state index in [9.17, 15) is 9.90 Å². The summed E-state index contributed by atoms with van der Waals surface area (Å²) in [5.74, 6) is 0.698. The predicted molar refractivity (Wildman–Crippen MR) is 64.2 cm³/mol. The summed E-state index contributed by atoms with van der Waals surface area (Å²) in [6, 6.07) is 0.0463. The number of carbonyl (C=O) groups is 1. The highest BCUT2D eigenvalue weighted by atomic mass is 16.3. The minimum atomic E-state index is -0.0981. The van der Waals surface area contributed by atoms with Crippen molar-refractivity contribution in [1.29, 1.82) is 0 Å². The fourth-order valence-electron chi connectivity index (χ4n) is 2.13. The minimum absolute atomic E-state index is 0.0981.